The van der Waals surface area contributed by atoms with Gasteiger partial charge in [-0.1, -0.05) is 15.9 Å². The second-order valence-electron chi connectivity index (χ2n) is 3.19. The largest absolute Gasteiger partial charge is 0.369 e. The lowest BCUT2D eigenvalue weighted by molar-refractivity contribution is 0.622. The molecule has 0 aliphatic rings. The van der Waals surface area contributed by atoms with E-state index in [1.165, 1.54) is 12.1 Å². The van der Waals surface area contributed by atoms with Gasteiger partial charge in [0.1, 0.15) is 5.82 Å². The highest BCUT2D eigenvalue weighted by Gasteiger charge is 2.02. The van der Waals surface area contributed by atoms with Crippen molar-refractivity contribution >= 4 is 21.9 Å². The van der Waals surface area contributed by atoms with Gasteiger partial charge in [0.15, 0.2) is 5.95 Å². The van der Waals surface area contributed by atoms with Crippen LogP contribution in [0.3, 0.4) is 0 Å². The first-order valence-corrected chi connectivity index (χ1v) is 5.16. The predicted molar refractivity (Wildman–Crippen MR) is 59.8 cm³/mol. The molecule has 1 aromatic heterocycles. The fourth-order valence-electron chi connectivity index (χ4n) is 1.37. The van der Waals surface area contributed by atoms with Crippen molar-refractivity contribution < 1.29 is 4.39 Å². The molecule has 3 nitrogen and oxygen atoms in total. The number of hydrogen-bond acceptors (Lipinski definition) is 2. The molecule has 15 heavy (non-hydrogen) atoms. The van der Waals surface area contributed by atoms with Gasteiger partial charge in [0.05, 0.1) is 6.54 Å². The van der Waals surface area contributed by atoms with E-state index in [2.05, 4.69) is 20.9 Å². The minimum atomic E-state index is -0.266. The van der Waals surface area contributed by atoms with E-state index < -0.39 is 0 Å². The zero-order valence-corrected chi connectivity index (χ0v) is 9.41. The number of anilines is 1. The van der Waals surface area contributed by atoms with Crippen LogP contribution in [0.15, 0.2) is 35.1 Å². The van der Waals surface area contributed by atoms with Crippen LogP contribution >= 0.6 is 15.9 Å². The Labute approximate surface area is 94.9 Å². The van der Waals surface area contributed by atoms with Crippen molar-refractivity contribution in [2.24, 2.45) is 0 Å². The highest BCUT2D eigenvalue weighted by molar-refractivity contribution is 9.10. The van der Waals surface area contributed by atoms with Crippen LogP contribution in [-0.4, -0.2) is 9.55 Å². The van der Waals surface area contributed by atoms with E-state index in [1.54, 1.807) is 17.0 Å². The average Bonchev–Trinajstić information content (AvgIpc) is 2.50. The van der Waals surface area contributed by atoms with Gasteiger partial charge < -0.3 is 10.3 Å². The molecule has 0 saturated carbocycles. The number of benzene rings is 1. The van der Waals surface area contributed by atoms with Gasteiger partial charge in [-0.2, -0.15) is 0 Å². The Kier molecular flexibility index (Phi) is 2.73. The zero-order chi connectivity index (χ0) is 10.8. The molecule has 0 aliphatic heterocycles. The van der Waals surface area contributed by atoms with Crippen LogP contribution in [0.5, 0.6) is 0 Å². The number of halogens is 2. The summed E-state index contributed by atoms with van der Waals surface area (Å²) in [7, 11) is 0. The highest BCUT2D eigenvalue weighted by Crippen LogP contribution is 2.16. The number of hydrogen-bond donors (Lipinski definition) is 1. The number of imidazole rings is 1. The molecule has 0 radical (unpaired) electrons. The first-order chi connectivity index (χ1) is 7.15. The van der Waals surface area contributed by atoms with Gasteiger partial charge in [0.2, 0.25) is 0 Å². The Balaban J connectivity index is 2.28. The van der Waals surface area contributed by atoms with E-state index >= 15 is 0 Å². The van der Waals surface area contributed by atoms with Crippen molar-refractivity contribution in [3.05, 3.63) is 46.4 Å². The standard InChI is InChI=1S/C10H9BrFN3/c11-8-3-7(4-9(12)5-8)6-15-2-1-14-10(15)13/h1-5H,6H2,(H2,13,14). The molecule has 78 valence electrons. The minimum absolute atomic E-state index is 0.266. The van der Waals surface area contributed by atoms with Crippen molar-refractivity contribution in [3.8, 4) is 0 Å². The Hall–Kier alpha value is -1.36. The lowest BCUT2D eigenvalue weighted by Gasteiger charge is -2.05. The Morgan fingerprint density at radius 3 is 2.80 bits per heavy atom. The summed E-state index contributed by atoms with van der Waals surface area (Å²) < 4.78 is 15.5. The van der Waals surface area contributed by atoms with Crippen LogP contribution in [0.25, 0.3) is 0 Å². The van der Waals surface area contributed by atoms with E-state index in [9.17, 15) is 4.39 Å². The molecule has 0 amide bonds. The highest BCUT2D eigenvalue weighted by atomic mass is 79.9. The Morgan fingerprint density at radius 1 is 1.40 bits per heavy atom. The maximum Gasteiger partial charge on any atom is 0.200 e. The van der Waals surface area contributed by atoms with E-state index in [0.717, 1.165) is 10.0 Å². The average molecular weight is 270 g/mol. The van der Waals surface area contributed by atoms with Gasteiger partial charge in [-0.25, -0.2) is 9.37 Å². The number of nitrogen functional groups attached to an aromatic ring is 1. The van der Waals surface area contributed by atoms with Gasteiger partial charge in [-0.3, -0.25) is 0 Å². The van der Waals surface area contributed by atoms with Crippen molar-refractivity contribution in [1.82, 2.24) is 9.55 Å². The lowest BCUT2D eigenvalue weighted by atomic mass is 10.2. The van der Waals surface area contributed by atoms with Crippen molar-refractivity contribution in [2.75, 3.05) is 5.73 Å². The van der Waals surface area contributed by atoms with E-state index in [1.807, 2.05) is 6.07 Å². The molecule has 0 atom stereocenters. The molecule has 0 unspecified atom stereocenters. The van der Waals surface area contributed by atoms with Crippen LogP contribution in [0, 0.1) is 5.82 Å². The summed E-state index contributed by atoms with van der Waals surface area (Å²) in [4.78, 5) is 3.89. The fourth-order valence-corrected chi connectivity index (χ4v) is 1.89. The smallest absolute Gasteiger partial charge is 0.200 e. The molecule has 0 aliphatic carbocycles. The molecule has 2 rings (SSSR count). The molecule has 0 spiro atoms. The SMILES string of the molecule is Nc1nccn1Cc1cc(F)cc(Br)c1. The van der Waals surface area contributed by atoms with Gasteiger partial charge in [0.25, 0.3) is 0 Å². The topological polar surface area (TPSA) is 43.8 Å². The van der Waals surface area contributed by atoms with Crippen LogP contribution in [0.1, 0.15) is 5.56 Å². The summed E-state index contributed by atoms with van der Waals surface area (Å²) in [6, 6.07) is 4.74. The summed E-state index contributed by atoms with van der Waals surface area (Å²) in [6.45, 7) is 0.516. The summed E-state index contributed by atoms with van der Waals surface area (Å²) in [5.74, 6) is 0.161. The maximum atomic E-state index is 13.1. The molecule has 5 heteroatoms. The van der Waals surface area contributed by atoms with Crippen LogP contribution in [-0.2, 0) is 6.54 Å². The summed E-state index contributed by atoms with van der Waals surface area (Å²) in [6.07, 6.45) is 3.37. The molecule has 0 bridgehead atoms. The molecular formula is C10H9BrFN3. The first-order valence-electron chi connectivity index (χ1n) is 4.37. The second-order valence-corrected chi connectivity index (χ2v) is 4.11. The molecule has 0 fully saturated rings. The first kappa shape index (κ1) is 10.2. The number of aromatic nitrogens is 2. The molecular weight excluding hydrogens is 261 g/mol. The van der Waals surface area contributed by atoms with Crippen molar-refractivity contribution in [3.63, 3.8) is 0 Å². The van der Waals surface area contributed by atoms with Crippen LogP contribution in [0.2, 0.25) is 0 Å². The quantitative estimate of drug-likeness (QED) is 0.910. The maximum absolute atomic E-state index is 13.1. The third-order valence-corrected chi connectivity index (χ3v) is 2.48. The van der Waals surface area contributed by atoms with Gasteiger partial charge in [0, 0.05) is 16.9 Å². The number of nitrogens with zero attached hydrogens (tertiary/aromatic N) is 2. The summed E-state index contributed by atoms with van der Waals surface area (Å²) >= 11 is 3.24. The molecule has 2 N–H and O–H groups in total. The summed E-state index contributed by atoms with van der Waals surface area (Å²) in [5.41, 5.74) is 6.45. The van der Waals surface area contributed by atoms with Crippen molar-refractivity contribution in [2.45, 2.75) is 6.54 Å². The van der Waals surface area contributed by atoms with Crippen molar-refractivity contribution in [1.29, 1.82) is 0 Å². The zero-order valence-electron chi connectivity index (χ0n) is 7.82. The third-order valence-electron chi connectivity index (χ3n) is 2.02. The molecule has 1 aromatic carbocycles. The molecule has 0 saturated heterocycles. The Bertz CT molecular complexity index is 461. The van der Waals surface area contributed by atoms with Gasteiger partial charge >= 0.3 is 0 Å². The number of rotatable bonds is 2. The minimum Gasteiger partial charge on any atom is -0.369 e. The lowest BCUT2D eigenvalue weighted by Crippen LogP contribution is -2.03. The van der Waals surface area contributed by atoms with Gasteiger partial charge in [-0.15, -0.1) is 0 Å². The Morgan fingerprint density at radius 2 is 2.20 bits per heavy atom. The predicted octanol–water partition coefficient (Wildman–Crippen LogP) is 2.42. The summed E-state index contributed by atoms with van der Waals surface area (Å²) in [5, 5.41) is 0. The fraction of sp³-hybridized carbons (Fsp3) is 0.100. The molecule has 1 heterocycles. The normalized spacial score (nSPS) is 10.5. The molecule has 2 aromatic rings. The second kappa shape index (κ2) is 4.02. The monoisotopic (exact) mass is 269 g/mol. The van der Waals surface area contributed by atoms with Crippen LogP contribution < -0.4 is 5.73 Å². The third kappa shape index (κ3) is 2.36. The number of nitrogens with two attached hydrogens (primary N) is 1. The van der Waals surface area contributed by atoms with Gasteiger partial charge in [-0.05, 0) is 23.8 Å². The van der Waals surface area contributed by atoms with E-state index in [4.69, 9.17) is 5.73 Å². The van der Waals surface area contributed by atoms with E-state index in [0.29, 0.717) is 12.5 Å². The van der Waals surface area contributed by atoms with Crippen LogP contribution in [0.4, 0.5) is 10.3 Å². The van der Waals surface area contributed by atoms with E-state index in [-0.39, 0.29) is 5.82 Å².